The summed E-state index contributed by atoms with van der Waals surface area (Å²) in [6.45, 7) is 0.730. The molecule has 42 heavy (non-hydrogen) atoms. The van der Waals surface area contributed by atoms with Crippen molar-refractivity contribution in [2.75, 3.05) is 39.3 Å². The Bertz CT molecular complexity index is 1500. The molecule has 2 aromatic carbocycles. The summed E-state index contributed by atoms with van der Waals surface area (Å²) in [6.07, 6.45) is 1.42. The Kier molecular flexibility index (Phi) is 9.25. The highest BCUT2D eigenvalue weighted by Gasteiger charge is 2.39. The predicted octanol–water partition coefficient (Wildman–Crippen LogP) is 3.08. The maximum Gasteiger partial charge on any atom is 0.338 e. The van der Waals surface area contributed by atoms with E-state index in [0.717, 1.165) is 0 Å². The number of aliphatic hydroxyl groups is 1. The summed E-state index contributed by atoms with van der Waals surface area (Å²) >= 11 is 0. The molecule has 0 saturated heterocycles. The van der Waals surface area contributed by atoms with Gasteiger partial charge in [0.25, 0.3) is 0 Å². The minimum atomic E-state index is -0.835. The van der Waals surface area contributed by atoms with Crippen LogP contribution in [0.3, 0.4) is 0 Å². The van der Waals surface area contributed by atoms with Crippen LogP contribution in [0.25, 0.3) is 11.2 Å². The van der Waals surface area contributed by atoms with Crippen molar-refractivity contribution in [3.8, 4) is 5.88 Å². The zero-order chi connectivity index (χ0) is 29.5. The zero-order valence-electron chi connectivity index (χ0n) is 23.2. The van der Waals surface area contributed by atoms with Gasteiger partial charge in [-0.2, -0.15) is 9.97 Å². The van der Waals surface area contributed by atoms with Crippen LogP contribution in [0.5, 0.6) is 5.88 Å². The second kappa shape index (κ2) is 13.4. The smallest absolute Gasteiger partial charge is 0.338 e. The van der Waals surface area contributed by atoms with E-state index in [9.17, 15) is 14.7 Å². The van der Waals surface area contributed by atoms with Crippen molar-refractivity contribution in [3.63, 3.8) is 0 Å². The maximum absolute atomic E-state index is 12.8. The summed E-state index contributed by atoms with van der Waals surface area (Å²) in [7, 11) is 1.57. The van der Waals surface area contributed by atoms with Gasteiger partial charge in [-0.3, -0.25) is 0 Å². The Morgan fingerprint density at radius 3 is 2.10 bits per heavy atom. The first kappa shape index (κ1) is 29.0. The van der Waals surface area contributed by atoms with Gasteiger partial charge in [0.05, 0.1) is 49.4 Å². The number of nitrogens with zero attached hydrogens (tertiary/aromatic N) is 4. The second-order valence-electron chi connectivity index (χ2n) is 10.1. The van der Waals surface area contributed by atoms with E-state index in [4.69, 9.17) is 24.7 Å². The number of anilines is 1. The first-order valence-electron chi connectivity index (χ1n) is 13.7. The van der Waals surface area contributed by atoms with E-state index >= 15 is 0 Å². The zero-order valence-corrected chi connectivity index (χ0v) is 23.2. The van der Waals surface area contributed by atoms with Crippen LogP contribution in [0.1, 0.15) is 39.6 Å². The van der Waals surface area contributed by atoms with Crippen molar-refractivity contribution in [1.29, 1.82) is 0 Å². The normalized spacial score (nSPS) is 20.2. The van der Waals surface area contributed by atoms with E-state index in [0.29, 0.717) is 35.3 Å². The number of esters is 2. The van der Waals surface area contributed by atoms with Gasteiger partial charge in [-0.1, -0.05) is 36.4 Å². The van der Waals surface area contributed by atoms with Crippen molar-refractivity contribution in [2.24, 2.45) is 11.8 Å². The molecule has 12 nitrogen and oxygen atoms in total. The Hall–Kier alpha value is -4.55. The number of aliphatic hydroxyl groups excluding tert-OH is 1. The third-order valence-electron chi connectivity index (χ3n) is 7.37. The number of benzene rings is 2. The molecule has 3 N–H and O–H groups in total. The van der Waals surface area contributed by atoms with E-state index in [-0.39, 0.29) is 49.9 Å². The minimum Gasteiger partial charge on any atom is -0.474 e. The average molecular weight is 576 g/mol. The number of rotatable bonds is 11. The number of carbonyl (C=O) groups excluding carboxylic acids is 2. The first-order valence-corrected chi connectivity index (χ1v) is 13.7. The van der Waals surface area contributed by atoms with Gasteiger partial charge in [-0.25, -0.2) is 14.6 Å². The number of nitrogen functional groups attached to an aromatic ring is 1. The fraction of sp³-hybridized carbons (Fsp3) is 0.367. The standard InChI is InChI=1S/C30H33N5O7/c1-39-12-13-40-27-25-26(33-30(31)34-27)35(18-32-25)23-14-21(16-41-28(37)19-8-4-2-5-9-19)22(15-24(23)36)17-42-29(38)20-10-6-3-7-11-20/h2-11,18,21-24,36H,12-17H2,1H3,(H2,31,33,34). The lowest BCUT2D eigenvalue weighted by Crippen LogP contribution is -2.41. The third kappa shape index (κ3) is 6.67. The number of fused-ring (bicyclic) bond motifs is 1. The molecule has 4 atom stereocenters. The Labute approximate surface area is 242 Å². The van der Waals surface area contributed by atoms with Crippen molar-refractivity contribution >= 4 is 29.1 Å². The molecule has 0 bridgehead atoms. The molecule has 0 spiro atoms. The molecule has 12 heteroatoms. The molecule has 4 unspecified atom stereocenters. The Morgan fingerprint density at radius 1 is 0.905 bits per heavy atom. The van der Waals surface area contributed by atoms with Gasteiger partial charge in [0.15, 0.2) is 11.2 Å². The van der Waals surface area contributed by atoms with Crippen LogP contribution < -0.4 is 10.5 Å². The number of imidazole rings is 1. The summed E-state index contributed by atoms with van der Waals surface area (Å²) in [5, 5.41) is 11.3. The SMILES string of the molecule is COCCOc1nc(N)nc2c1ncn2C1CC(COC(=O)c2ccccc2)C(COC(=O)c2ccccc2)CC1O. The predicted molar refractivity (Wildman–Crippen MR) is 152 cm³/mol. The minimum absolute atomic E-state index is 0.000933. The lowest BCUT2D eigenvalue weighted by Gasteiger charge is -2.39. The molecule has 2 heterocycles. The van der Waals surface area contributed by atoms with Crippen LogP contribution in [0.2, 0.25) is 0 Å². The van der Waals surface area contributed by atoms with Gasteiger partial charge in [0.2, 0.25) is 11.8 Å². The van der Waals surface area contributed by atoms with Crippen LogP contribution in [0.4, 0.5) is 5.95 Å². The van der Waals surface area contributed by atoms with Crippen molar-refractivity contribution in [2.45, 2.75) is 25.0 Å². The number of ether oxygens (including phenoxy) is 4. The molecule has 1 aliphatic rings. The van der Waals surface area contributed by atoms with Crippen LogP contribution >= 0.6 is 0 Å². The van der Waals surface area contributed by atoms with Crippen LogP contribution in [0, 0.1) is 11.8 Å². The monoisotopic (exact) mass is 575 g/mol. The van der Waals surface area contributed by atoms with Gasteiger partial charge >= 0.3 is 11.9 Å². The van der Waals surface area contributed by atoms with E-state index in [1.54, 1.807) is 66.5 Å². The number of carbonyl (C=O) groups is 2. The van der Waals surface area contributed by atoms with Crippen molar-refractivity contribution in [1.82, 2.24) is 19.5 Å². The molecule has 4 aromatic rings. The number of hydrogen-bond donors (Lipinski definition) is 2. The fourth-order valence-electron chi connectivity index (χ4n) is 5.18. The lowest BCUT2D eigenvalue weighted by molar-refractivity contribution is -0.0294. The summed E-state index contributed by atoms with van der Waals surface area (Å²) in [6, 6.07) is 16.9. The topological polar surface area (TPSA) is 161 Å². The molecular formula is C30H33N5O7. The summed E-state index contributed by atoms with van der Waals surface area (Å²) < 4.78 is 23.8. The molecule has 0 amide bonds. The average Bonchev–Trinajstić information content (AvgIpc) is 3.43. The van der Waals surface area contributed by atoms with Gasteiger partial charge < -0.3 is 34.4 Å². The summed E-state index contributed by atoms with van der Waals surface area (Å²) in [5.41, 5.74) is 7.66. The van der Waals surface area contributed by atoms with Crippen LogP contribution in [-0.4, -0.2) is 76.2 Å². The second-order valence-corrected chi connectivity index (χ2v) is 10.1. The summed E-state index contributed by atoms with van der Waals surface area (Å²) in [5.74, 6) is -1.21. The number of hydrogen-bond acceptors (Lipinski definition) is 11. The number of aromatic nitrogens is 4. The van der Waals surface area contributed by atoms with Gasteiger partial charge in [-0.05, 0) is 37.1 Å². The molecule has 0 aliphatic heterocycles. The molecule has 0 radical (unpaired) electrons. The van der Waals surface area contributed by atoms with Gasteiger partial charge in [-0.15, -0.1) is 0 Å². The molecule has 1 aliphatic carbocycles. The molecule has 1 saturated carbocycles. The molecule has 2 aromatic heterocycles. The van der Waals surface area contributed by atoms with E-state index < -0.39 is 24.1 Å². The lowest BCUT2D eigenvalue weighted by atomic mass is 9.76. The van der Waals surface area contributed by atoms with Gasteiger partial charge in [0, 0.05) is 18.9 Å². The van der Waals surface area contributed by atoms with E-state index in [2.05, 4.69) is 15.0 Å². The van der Waals surface area contributed by atoms with Crippen LogP contribution in [-0.2, 0) is 14.2 Å². The molecule has 1 fully saturated rings. The molecule has 5 rings (SSSR count). The third-order valence-corrected chi connectivity index (χ3v) is 7.37. The highest BCUT2D eigenvalue weighted by molar-refractivity contribution is 5.89. The first-order chi connectivity index (χ1) is 20.4. The maximum atomic E-state index is 12.8. The number of methoxy groups -OCH3 is 1. The highest BCUT2D eigenvalue weighted by atomic mass is 16.5. The fourth-order valence-corrected chi connectivity index (χ4v) is 5.18. The van der Waals surface area contributed by atoms with Crippen molar-refractivity contribution in [3.05, 3.63) is 78.1 Å². The van der Waals surface area contributed by atoms with Crippen molar-refractivity contribution < 1.29 is 33.6 Å². The Balaban J connectivity index is 1.37. The quantitative estimate of drug-likeness (QED) is 0.200. The Morgan fingerprint density at radius 2 is 1.50 bits per heavy atom. The largest absolute Gasteiger partial charge is 0.474 e. The van der Waals surface area contributed by atoms with Crippen LogP contribution in [0.15, 0.2) is 67.0 Å². The highest BCUT2D eigenvalue weighted by Crippen LogP contribution is 2.39. The summed E-state index contributed by atoms with van der Waals surface area (Å²) in [4.78, 5) is 38.4. The van der Waals surface area contributed by atoms with E-state index in [1.165, 1.54) is 0 Å². The molecule has 220 valence electrons. The van der Waals surface area contributed by atoms with E-state index in [1.807, 2.05) is 12.1 Å². The molecular weight excluding hydrogens is 542 g/mol. The number of nitrogens with two attached hydrogens (primary N) is 1. The van der Waals surface area contributed by atoms with Gasteiger partial charge in [0.1, 0.15) is 6.61 Å².